The average molecular weight is 443 g/mol. The summed E-state index contributed by atoms with van der Waals surface area (Å²) in [6, 6.07) is 18.7. The molecular weight excluding hydrogens is 408 g/mol. The maximum Gasteiger partial charge on any atom is 0.143 e. The van der Waals surface area contributed by atoms with Gasteiger partial charge >= 0.3 is 0 Å². The Morgan fingerprint density at radius 3 is 2.29 bits per heavy atom. The van der Waals surface area contributed by atoms with E-state index in [1.54, 1.807) is 7.11 Å². The molecule has 4 nitrogen and oxygen atoms in total. The number of benzene rings is 2. The fourth-order valence-corrected chi connectivity index (χ4v) is 5.07. The van der Waals surface area contributed by atoms with Gasteiger partial charge in [-0.3, -0.25) is 9.69 Å². The van der Waals surface area contributed by atoms with Crippen LogP contribution in [0.4, 0.5) is 5.69 Å². The predicted molar refractivity (Wildman–Crippen MR) is 130 cm³/mol. The summed E-state index contributed by atoms with van der Waals surface area (Å²) in [7, 11) is 1.74. The lowest BCUT2D eigenvalue weighted by Crippen LogP contribution is -2.47. The minimum absolute atomic E-state index is 0. The Labute approximate surface area is 193 Å². The van der Waals surface area contributed by atoms with Crippen molar-refractivity contribution in [3.05, 3.63) is 60.2 Å². The molecule has 1 aliphatic heterocycles. The summed E-state index contributed by atoms with van der Waals surface area (Å²) in [6.07, 6.45) is 5.51. The number of para-hydroxylation sites is 2. The lowest BCUT2D eigenvalue weighted by molar-refractivity contribution is -0.124. The molecule has 0 spiro atoms. The van der Waals surface area contributed by atoms with Crippen LogP contribution in [0.2, 0.25) is 0 Å². The van der Waals surface area contributed by atoms with E-state index in [9.17, 15) is 4.79 Å². The number of ether oxygens (including phenoxy) is 1. The van der Waals surface area contributed by atoms with E-state index in [4.69, 9.17) is 4.74 Å². The summed E-state index contributed by atoms with van der Waals surface area (Å²) in [6.45, 7) is 5.02. The number of piperazine rings is 1. The first-order valence-electron chi connectivity index (χ1n) is 11.5. The fraction of sp³-hybridized carbons (Fsp3) is 0.500. The maximum absolute atomic E-state index is 13.3. The molecule has 1 aliphatic carbocycles. The number of Topliss-reactive ketones (excluding diaryl/α,β-unsaturated/α-hetero) is 1. The third kappa shape index (κ3) is 5.81. The molecule has 2 fully saturated rings. The highest BCUT2D eigenvalue weighted by Gasteiger charge is 2.30. The number of methoxy groups -OCH3 is 1. The smallest absolute Gasteiger partial charge is 0.143 e. The number of rotatable bonds is 8. The van der Waals surface area contributed by atoms with Crippen molar-refractivity contribution in [2.24, 2.45) is 5.92 Å². The summed E-state index contributed by atoms with van der Waals surface area (Å²) < 4.78 is 5.54. The van der Waals surface area contributed by atoms with Gasteiger partial charge in [0, 0.05) is 38.0 Å². The minimum atomic E-state index is 0. The van der Waals surface area contributed by atoms with E-state index in [0.29, 0.717) is 5.78 Å². The zero-order valence-corrected chi connectivity index (χ0v) is 19.4. The summed E-state index contributed by atoms with van der Waals surface area (Å²) in [5, 5.41) is 0. The van der Waals surface area contributed by atoms with Gasteiger partial charge in [-0.2, -0.15) is 0 Å². The molecule has 1 atom stereocenters. The molecule has 4 rings (SSSR count). The van der Waals surface area contributed by atoms with Gasteiger partial charge in [0.15, 0.2) is 0 Å². The quantitative estimate of drug-likeness (QED) is 0.564. The predicted octanol–water partition coefficient (Wildman–Crippen LogP) is 5.17. The molecule has 1 unspecified atom stereocenters. The van der Waals surface area contributed by atoms with Crippen LogP contribution in [0.3, 0.4) is 0 Å². The van der Waals surface area contributed by atoms with E-state index >= 15 is 0 Å². The van der Waals surface area contributed by atoms with Crippen molar-refractivity contribution in [1.29, 1.82) is 0 Å². The number of hydrogen-bond donors (Lipinski definition) is 0. The van der Waals surface area contributed by atoms with Gasteiger partial charge in [0.1, 0.15) is 11.5 Å². The highest BCUT2D eigenvalue weighted by molar-refractivity contribution is 5.88. The Morgan fingerprint density at radius 1 is 0.968 bits per heavy atom. The molecule has 1 saturated heterocycles. The number of carbonyl (C=O) groups is 1. The van der Waals surface area contributed by atoms with Crippen LogP contribution < -0.4 is 9.64 Å². The first-order chi connectivity index (χ1) is 14.8. The third-order valence-corrected chi connectivity index (χ3v) is 6.84. The van der Waals surface area contributed by atoms with Gasteiger partial charge in [0.25, 0.3) is 0 Å². The first kappa shape index (κ1) is 23.6. The van der Waals surface area contributed by atoms with Crippen LogP contribution in [-0.4, -0.2) is 50.5 Å². The molecule has 0 bridgehead atoms. The summed E-state index contributed by atoms with van der Waals surface area (Å²) in [5.74, 6) is 1.74. The average Bonchev–Trinajstić information content (AvgIpc) is 3.35. The molecule has 2 aromatic rings. The van der Waals surface area contributed by atoms with Crippen molar-refractivity contribution in [3.8, 4) is 5.75 Å². The Balaban J connectivity index is 0.00000272. The molecule has 1 saturated carbocycles. The third-order valence-electron chi connectivity index (χ3n) is 6.84. The van der Waals surface area contributed by atoms with Gasteiger partial charge in [-0.25, -0.2) is 0 Å². The number of halogens is 1. The van der Waals surface area contributed by atoms with Crippen molar-refractivity contribution in [2.45, 2.75) is 38.0 Å². The number of nitrogens with zero attached hydrogens (tertiary/aromatic N) is 2. The standard InChI is InChI=1S/C26H34N2O2.ClH/c1-30-25-14-8-7-13-24(25)28-19-17-27(18-20-28)16-15-23(21-9-3-2-4-10-21)26(29)22-11-5-6-12-22;/h2-4,7-10,13-14,22-23H,5-6,11-12,15-20H2,1H3;1H. The summed E-state index contributed by atoms with van der Waals surface area (Å²) in [5.41, 5.74) is 2.38. The molecule has 0 amide bonds. The van der Waals surface area contributed by atoms with Gasteiger partial charge in [-0.15, -0.1) is 12.4 Å². The number of hydrogen-bond acceptors (Lipinski definition) is 4. The second kappa shape index (κ2) is 11.5. The van der Waals surface area contributed by atoms with Crippen molar-refractivity contribution in [3.63, 3.8) is 0 Å². The van der Waals surface area contributed by atoms with E-state index in [1.165, 1.54) is 24.1 Å². The van der Waals surface area contributed by atoms with Gasteiger partial charge in [0.2, 0.25) is 0 Å². The van der Waals surface area contributed by atoms with E-state index in [2.05, 4.69) is 46.2 Å². The normalized spacial score (nSPS) is 18.4. The van der Waals surface area contributed by atoms with Crippen LogP contribution in [0, 0.1) is 5.92 Å². The zero-order valence-electron chi connectivity index (χ0n) is 18.5. The Kier molecular flexibility index (Phi) is 8.79. The number of anilines is 1. The lowest BCUT2D eigenvalue weighted by Gasteiger charge is -2.37. The number of ketones is 1. The van der Waals surface area contributed by atoms with Gasteiger partial charge in [-0.05, 0) is 43.5 Å². The molecule has 0 radical (unpaired) electrons. The van der Waals surface area contributed by atoms with Crippen LogP contribution in [0.5, 0.6) is 5.75 Å². The molecular formula is C26H35ClN2O2. The highest BCUT2D eigenvalue weighted by Crippen LogP contribution is 2.33. The monoisotopic (exact) mass is 442 g/mol. The van der Waals surface area contributed by atoms with Crippen LogP contribution in [-0.2, 0) is 4.79 Å². The second-order valence-electron chi connectivity index (χ2n) is 8.64. The molecule has 2 aromatic carbocycles. The van der Waals surface area contributed by atoms with Crippen LogP contribution in [0.15, 0.2) is 54.6 Å². The number of carbonyl (C=O) groups excluding carboxylic acids is 1. The Hall–Kier alpha value is -2.04. The van der Waals surface area contributed by atoms with Crippen molar-refractivity contribution in [1.82, 2.24) is 4.90 Å². The first-order valence-corrected chi connectivity index (χ1v) is 11.5. The van der Waals surface area contributed by atoms with Crippen molar-refractivity contribution >= 4 is 23.9 Å². The Bertz CT molecular complexity index is 815. The summed E-state index contributed by atoms with van der Waals surface area (Å²) in [4.78, 5) is 18.2. The molecule has 2 aliphatic rings. The van der Waals surface area contributed by atoms with E-state index in [1.807, 2.05) is 18.2 Å². The van der Waals surface area contributed by atoms with Gasteiger partial charge in [0.05, 0.1) is 12.8 Å². The van der Waals surface area contributed by atoms with E-state index in [-0.39, 0.29) is 24.2 Å². The molecule has 1 heterocycles. The largest absolute Gasteiger partial charge is 0.495 e. The molecule has 0 N–H and O–H groups in total. The van der Waals surface area contributed by atoms with Gasteiger partial charge in [-0.1, -0.05) is 55.3 Å². The maximum atomic E-state index is 13.3. The van der Waals surface area contributed by atoms with Crippen LogP contribution >= 0.6 is 12.4 Å². The van der Waals surface area contributed by atoms with Crippen molar-refractivity contribution in [2.75, 3.05) is 44.7 Å². The minimum Gasteiger partial charge on any atom is -0.495 e. The zero-order chi connectivity index (χ0) is 20.8. The fourth-order valence-electron chi connectivity index (χ4n) is 5.07. The summed E-state index contributed by atoms with van der Waals surface area (Å²) >= 11 is 0. The molecule has 5 heteroatoms. The molecule has 168 valence electrons. The van der Waals surface area contributed by atoms with E-state index < -0.39 is 0 Å². The van der Waals surface area contributed by atoms with Gasteiger partial charge < -0.3 is 9.64 Å². The molecule has 0 aromatic heterocycles. The van der Waals surface area contributed by atoms with Crippen LogP contribution in [0.1, 0.15) is 43.6 Å². The van der Waals surface area contributed by atoms with Crippen LogP contribution in [0.25, 0.3) is 0 Å². The molecule has 31 heavy (non-hydrogen) atoms. The lowest BCUT2D eigenvalue weighted by atomic mass is 9.84. The Morgan fingerprint density at radius 2 is 1.61 bits per heavy atom. The SMILES string of the molecule is COc1ccccc1N1CCN(CCC(C(=O)C2CCCC2)c2ccccc2)CC1.Cl. The van der Waals surface area contributed by atoms with Crippen molar-refractivity contribution < 1.29 is 9.53 Å². The van der Waals surface area contributed by atoms with E-state index in [0.717, 1.165) is 57.7 Å². The topological polar surface area (TPSA) is 32.8 Å². The second-order valence-corrected chi connectivity index (χ2v) is 8.64. The highest BCUT2D eigenvalue weighted by atomic mass is 35.5.